The predicted octanol–water partition coefficient (Wildman–Crippen LogP) is 3.27. The molecule has 0 radical (unpaired) electrons. The van der Waals surface area contributed by atoms with Crippen LogP contribution in [0.4, 0.5) is 18.9 Å². The van der Waals surface area contributed by atoms with Crippen molar-refractivity contribution in [2.45, 2.75) is 19.0 Å². The van der Waals surface area contributed by atoms with E-state index in [2.05, 4.69) is 15.1 Å². The highest BCUT2D eigenvalue weighted by Gasteiger charge is 2.42. The first-order valence-electron chi connectivity index (χ1n) is 8.29. The number of rotatable bonds is 2. The maximum atomic E-state index is 13.8. The summed E-state index contributed by atoms with van der Waals surface area (Å²) in [6.45, 7) is 0.347. The van der Waals surface area contributed by atoms with E-state index >= 15 is 0 Å². The van der Waals surface area contributed by atoms with Gasteiger partial charge in [0.2, 0.25) is 0 Å². The molecule has 6 nitrogen and oxygen atoms in total. The fraction of sp³-hybridized carbons (Fsp3) is 0.222. The van der Waals surface area contributed by atoms with Crippen molar-refractivity contribution < 1.29 is 18.0 Å². The molecule has 0 spiro atoms. The van der Waals surface area contributed by atoms with Crippen LogP contribution < -0.4 is 4.90 Å². The lowest BCUT2D eigenvalue weighted by Gasteiger charge is -2.29. The van der Waals surface area contributed by atoms with Crippen LogP contribution in [0.15, 0.2) is 48.9 Å². The molecular formula is C18H14F3N5O. The van der Waals surface area contributed by atoms with Crippen LogP contribution in [0.5, 0.6) is 0 Å². The third-order valence-electron chi connectivity index (χ3n) is 4.37. The number of carbonyl (C=O) groups is 1. The number of anilines is 1. The SMILES string of the molecule is O=C(c1cnn(-c2ncccn2)c1C(F)(F)F)N1CCCc2ccccc21. The molecule has 1 aliphatic heterocycles. The smallest absolute Gasteiger partial charge is 0.308 e. The number of hydrogen-bond donors (Lipinski definition) is 0. The Bertz CT molecular complexity index is 984. The molecule has 0 saturated heterocycles. The summed E-state index contributed by atoms with van der Waals surface area (Å²) in [7, 11) is 0. The van der Waals surface area contributed by atoms with Gasteiger partial charge in [0.1, 0.15) is 0 Å². The standard InChI is InChI=1S/C18H14F3N5O/c19-18(20,21)15-13(11-24-26(15)17-22-8-4-9-23-17)16(27)25-10-3-6-12-5-1-2-7-14(12)25/h1-2,4-5,7-9,11H,3,6,10H2. The van der Waals surface area contributed by atoms with Gasteiger partial charge < -0.3 is 4.90 Å². The second kappa shape index (κ2) is 6.49. The van der Waals surface area contributed by atoms with Crippen molar-refractivity contribution in [2.24, 2.45) is 0 Å². The van der Waals surface area contributed by atoms with Gasteiger partial charge in [-0.15, -0.1) is 0 Å². The Morgan fingerprint density at radius 3 is 2.56 bits per heavy atom. The van der Waals surface area contributed by atoms with E-state index in [4.69, 9.17) is 0 Å². The molecule has 27 heavy (non-hydrogen) atoms. The van der Waals surface area contributed by atoms with Crippen molar-refractivity contribution in [3.8, 4) is 5.95 Å². The summed E-state index contributed by atoms with van der Waals surface area (Å²) in [5.74, 6) is -0.987. The number of aryl methyl sites for hydroxylation is 1. The third kappa shape index (κ3) is 3.05. The summed E-state index contributed by atoms with van der Waals surface area (Å²) >= 11 is 0. The van der Waals surface area contributed by atoms with Gasteiger partial charge in [-0.2, -0.15) is 23.0 Å². The van der Waals surface area contributed by atoms with Crippen LogP contribution >= 0.6 is 0 Å². The molecule has 9 heteroatoms. The van der Waals surface area contributed by atoms with Crippen molar-refractivity contribution in [1.82, 2.24) is 19.7 Å². The van der Waals surface area contributed by atoms with Crippen LogP contribution in [0.25, 0.3) is 5.95 Å². The molecule has 0 bridgehead atoms. The molecule has 0 atom stereocenters. The van der Waals surface area contributed by atoms with E-state index in [1.807, 2.05) is 12.1 Å². The summed E-state index contributed by atoms with van der Waals surface area (Å²) in [5.41, 5.74) is -0.136. The van der Waals surface area contributed by atoms with Gasteiger partial charge in [0.15, 0.2) is 5.69 Å². The topological polar surface area (TPSA) is 63.9 Å². The maximum absolute atomic E-state index is 13.8. The Balaban J connectivity index is 1.81. The summed E-state index contributed by atoms with van der Waals surface area (Å²) in [6.07, 6.45) is 0.219. The number of carbonyl (C=O) groups excluding carboxylic acids is 1. The number of benzene rings is 1. The Hall–Kier alpha value is -3.23. The molecule has 0 N–H and O–H groups in total. The van der Waals surface area contributed by atoms with E-state index in [9.17, 15) is 18.0 Å². The highest BCUT2D eigenvalue weighted by molar-refractivity contribution is 6.07. The molecule has 0 aliphatic carbocycles. The number of aromatic nitrogens is 4. The largest absolute Gasteiger partial charge is 0.434 e. The Kier molecular flexibility index (Phi) is 4.14. The average molecular weight is 373 g/mol. The fourth-order valence-electron chi connectivity index (χ4n) is 3.22. The van der Waals surface area contributed by atoms with Crippen LogP contribution in [-0.2, 0) is 12.6 Å². The molecule has 1 amide bonds. The minimum absolute atomic E-state index is 0.247. The van der Waals surface area contributed by atoms with E-state index in [1.54, 1.807) is 12.1 Å². The number of hydrogen-bond acceptors (Lipinski definition) is 4. The lowest BCUT2D eigenvalue weighted by atomic mass is 10.0. The van der Waals surface area contributed by atoms with Crippen LogP contribution in [-0.4, -0.2) is 32.2 Å². The molecule has 138 valence electrons. The second-order valence-electron chi connectivity index (χ2n) is 6.05. The summed E-state index contributed by atoms with van der Waals surface area (Å²) in [4.78, 5) is 22.0. The molecule has 0 unspecified atom stereocenters. The fourth-order valence-corrected chi connectivity index (χ4v) is 3.22. The van der Waals surface area contributed by atoms with Gasteiger partial charge in [-0.25, -0.2) is 9.97 Å². The highest BCUT2D eigenvalue weighted by Crippen LogP contribution is 2.35. The predicted molar refractivity (Wildman–Crippen MR) is 90.6 cm³/mol. The molecule has 1 aliphatic rings. The Morgan fingerprint density at radius 2 is 1.81 bits per heavy atom. The molecular weight excluding hydrogens is 359 g/mol. The molecule has 3 aromatic rings. The Labute approximate surface area is 152 Å². The summed E-state index contributed by atoms with van der Waals surface area (Å²) in [5, 5.41) is 3.75. The summed E-state index contributed by atoms with van der Waals surface area (Å²) < 4.78 is 41.9. The van der Waals surface area contributed by atoms with Crippen molar-refractivity contribution >= 4 is 11.6 Å². The monoisotopic (exact) mass is 373 g/mol. The Morgan fingerprint density at radius 1 is 1.07 bits per heavy atom. The number of nitrogens with zero attached hydrogens (tertiary/aromatic N) is 5. The van der Waals surface area contributed by atoms with Crippen LogP contribution in [0.3, 0.4) is 0 Å². The molecule has 4 rings (SSSR count). The maximum Gasteiger partial charge on any atom is 0.434 e. The molecule has 2 aromatic heterocycles. The van der Waals surface area contributed by atoms with Crippen LogP contribution in [0.2, 0.25) is 0 Å². The minimum Gasteiger partial charge on any atom is -0.308 e. The molecule has 3 heterocycles. The highest BCUT2D eigenvalue weighted by atomic mass is 19.4. The average Bonchev–Trinajstić information content (AvgIpc) is 3.13. The lowest BCUT2D eigenvalue weighted by molar-refractivity contribution is -0.143. The van der Waals surface area contributed by atoms with Gasteiger partial charge in [0.25, 0.3) is 11.9 Å². The third-order valence-corrected chi connectivity index (χ3v) is 4.37. The van der Waals surface area contributed by atoms with E-state index in [0.717, 1.165) is 18.2 Å². The van der Waals surface area contributed by atoms with Crippen molar-refractivity contribution in [3.05, 3.63) is 65.7 Å². The number of fused-ring (bicyclic) bond motifs is 1. The first-order valence-corrected chi connectivity index (χ1v) is 8.29. The zero-order valence-corrected chi connectivity index (χ0v) is 14.0. The van der Waals surface area contributed by atoms with Crippen LogP contribution in [0.1, 0.15) is 28.0 Å². The minimum atomic E-state index is -4.80. The number of para-hydroxylation sites is 1. The number of halogens is 3. The van der Waals surface area contributed by atoms with Crippen molar-refractivity contribution in [2.75, 3.05) is 11.4 Å². The van der Waals surface area contributed by atoms with Crippen molar-refractivity contribution in [1.29, 1.82) is 0 Å². The quantitative estimate of drug-likeness (QED) is 0.692. The second-order valence-corrected chi connectivity index (χ2v) is 6.05. The normalized spacial score (nSPS) is 14.1. The molecule has 0 saturated carbocycles. The van der Waals surface area contributed by atoms with Crippen LogP contribution in [0, 0.1) is 0 Å². The van der Waals surface area contributed by atoms with Gasteiger partial charge in [0.05, 0.1) is 11.8 Å². The molecule has 0 fully saturated rings. The van der Waals surface area contributed by atoms with Gasteiger partial charge in [-0.3, -0.25) is 4.79 Å². The van der Waals surface area contributed by atoms with E-state index in [1.165, 1.54) is 23.4 Å². The number of alkyl halides is 3. The first kappa shape index (κ1) is 17.2. The van der Waals surface area contributed by atoms with E-state index in [0.29, 0.717) is 23.3 Å². The van der Waals surface area contributed by atoms with Gasteiger partial charge in [0, 0.05) is 24.6 Å². The first-order chi connectivity index (χ1) is 13.0. The molecule has 1 aromatic carbocycles. The van der Waals surface area contributed by atoms with Gasteiger partial charge >= 0.3 is 6.18 Å². The van der Waals surface area contributed by atoms with E-state index in [-0.39, 0.29) is 5.95 Å². The van der Waals surface area contributed by atoms with E-state index < -0.39 is 23.3 Å². The summed E-state index contributed by atoms with van der Waals surface area (Å²) in [6, 6.07) is 8.71. The lowest BCUT2D eigenvalue weighted by Crippen LogP contribution is -2.36. The van der Waals surface area contributed by atoms with Gasteiger partial charge in [-0.05, 0) is 30.5 Å². The zero-order chi connectivity index (χ0) is 19.0. The van der Waals surface area contributed by atoms with Crippen molar-refractivity contribution in [3.63, 3.8) is 0 Å². The zero-order valence-electron chi connectivity index (χ0n) is 14.0. The number of amides is 1. The van der Waals surface area contributed by atoms with Gasteiger partial charge in [-0.1, -0.05) is 18.2 Å².